The van der Waals surface area contributed by atoms with Gasteiger partial charge in [-0.05, 0) is 19.1 Å². The molecule has 0 saturated carbocycles. The summed E-state index contributed by atoms with van der Waals surface area (Å²) >= 11 is 3.59. The Hall–Kier alpha value is -1.75. The van der Waals surface area contributed by atoms with Crippen molar-refractivity contribution in [2.75, 3.05) is 5.73 Å². The molecule has 18 heavy (non-hydrogen) atoms. The van der Waals surface area contributed by atoms with Crippen LogP contribution < -0.4 is 5.73 Å². The maximum atomic E-state index is 5.91. The maximum Gasteiger partial charge on any atom is 0.192 e. The van der Waals surface area contributed by atoms with Crippen molar-refractivity contribution in [1.29, 1.82) is 0 Å². The van der Waals surface area contributed by atoms with Gasteiger partial charge in [0.1, 0.15) is 5.69 Å². The van der Waals surface area contributed by atoms with E-state index in [9.17, 15) is 0 Å². The summed E-state index contributed by atoms with van der Waals surface area (Å²) in [7, 11) is 2.03. The van der Waals surface area contributed by atoms with Gasteiger partial charge in [-0.25, -0.2) is 0 Å². The molecule has 0 atom stereocenters. The monoisotopic (exact) mass is 305 g/mol. The Balaban J connectivity index is 2.50. The van der Waals surface area contributed by atoms with Gasteiger partial charge in [-0.15, -0.1) is 0 Å². The fraction of sp³-hybridized carbons (Fsp3) is 0.154. The first-order valence-corrected chi connectivity index (χ1v) is 6.34. The number of hydrogen-bond donors (Lipinski definition) is 1. The summed E-state index contributed by atoms with van der Waals surface area (Å²) in [5, 5.41) is 4.86. The van der Waals surface area contributed by atoms with E-state index in [2.05, 4.69) is 31.7 Å². The molecule has 0 aliphatic rings. The number of rotatable bonds is 1. The zero-order valence-electron chi connectivity index (χ0n) is 10.1. The number of nitrogens with two attached hydrogens (primary N) is 1. The Morgan fingerprint density at radius 3 is 2.83 bits per heavy atom. The van der Waals surface area contributed by atoms with Crippen molar-refractivity contribution in [1.82, 2.24) is 9.72 Å². The topological polar surface area (TPSA) is 57.0 Å². The summed E-state index contributed by atoms with van der Waals surface area (Å²) in [5.41, 5.74) is 9.69. The molecule has 4 nitrogen and oxygen atoms in total. The molecule has 0 unspecified atom stereocenters. The summed E-state index contributed by atoms with van der Waals surface area (Å²) < 4.78 is 8.44. The Bertz CT molecular complexity index is 742. The number of hydrogen-bond acceptors (Lipinski definition) is 3. The maximum absolute atomic E-state index is 5.91. The molecule has 0 amide bonds. The smallest absolute Gasteiger partial charge is 0.192 e. The molecule has 0 aliphatic heterocycles. The number of anilines is 1. The van der Waals surface area contributed by atoms with Crippen LogP contribution in [-0.4, -0.2) is 9.72 Å². The Morgan fingerprint density at radius 2 is 2.17 bits per heavy atom. The first kappa shape index (κ1) is 11.3. The van der Waals surface area contributed by atoms with Crippen molar-refractivity contribution < 1.29 is 4.52 Å². The molecule has 0 saturated heterocycles. The normalized spacial score (nSPS) is 11.3. The van der Waals surface area contributed by atoms with Crippen LogP contribution in [0.2, 0.25) is 0 Å². The zero-order valence-corrected chi connectivity index (χ0v) is 11.7. The highest BCUT2D eigenvalue weighted by atomic mass is 79.9. The summed E-state index contributed by atoms with van der Waals surface area (Å²) in [5.74, 6) is 0.630. The SMILES string of the molecule is Cc1c(-c2oncc2N)c2c(Br)cccc2n1C. The number of benzene rings is 1. The Morgan fingerprint density at radius 1 is 1.39 bits per heavy atom. The molecule has 5 heteroatoms. The van der Waals surface area contributed by atoms with E-state index in [1.54, 1.807) is 0 Å². The second-order valence-corrected chi connectivity index (χ2v) is 5.12. The highest BCUT2D eigenvalue weighted by molar-refractivity contribution is 9.10. The van der Waals surface area contributed by atoms with Gasteiger partial charge in [0.2, 0.25) is 0 Å². The van der Waals surface area contributed by atoms with Gasteiger partial charge in [0.15, 0.2) is 5.76 Å². The largest absolute Gasteiger partial charge is 0.394 e. The highest BCUT2D eigenvalue weighted by Gasteiger charge is 2.20. The standard InChI is InChI=1S/C13H12BrN3O/c1-7-11(13-9(15)6-16-18-13)12-8(14)4-3-5-10(12)17(7)2/h3-6H,15H2,1-2H3. The van der Waals surface area contributed by atoms with Gasteiger partial charge in [-0.2, -0.15) is 0 Å². The molecule has 0 radical (unpaired) electrons. The van der Waals surface area contributed by atoms with Crippen molar-refractivity contribution in [3.63, 3.8) is 0 Å². The van der Waals surface area contributed by atoms with Crippen LogP contribution in [0.25, 0.3) is 22.2 Å². The van der Waals surface area contributed by atoms with Crippen LogP contribution in [0.1, 0.15) is 5.69 Å². The molecule has 3 aromatic rings. The predicted molar refractivity (Wildman–Crippen MR) is 75.3 cm³/mol. The molecule has 2 heterocycles. The van der Waals surface area contributed by atoms with Gasteiger partial charge in [-0.1, -0.05) is 27.2 Å². The minimum atomic E-state index is 0.557. The lowest BCUT2D eigenvalue weighted by molar-refractivity contribution is 0.432. The number of fused-ring (bicyclic) bond motifs is 1. The second kappa shape index (κ2) is 3.88. The molecule has 92 valence electrons. The van der Waals surface area contributed by atoms with Crippen molar-refractivity contribution in [3.05, 3.63) is 34.6 Å². The third-order valence-electron chi connectivity index (χ3n) is 3.29. The lowest BCUT2D eigenvalue weighted by atomic mass is 10.1. The molecule has 0 spiro atoms. The van der Waals surface area contributed by atoms with Gasteiger partial charge in [0, 0.05) is 28.1 Å². The van der Waals surface area contributed by atoms with Crippen LogP contribution in [0, 0.1) is 6.92 Å². The van der Waals surface area contributed by atoms with E-state index in [1.807, 2.05) is 26.1 Å². The summed E-state index contributed by atoms with van der Waals surface area (Å²) in [6.45, 7) is 2.05. The van der Waals surface area contributed by atoms with E-state index in [4.69, 9.17) is 10.3 Å². The van der Waals surface area contributed by atoms with Gasteiger partial charge in [0.25, 0.3) is 0 Å². The third-order valence-corrected chi connectivity index (χ3v) is 3.95. The van der Waals surface area contributed by atoms with Gasteiger partial charge in [-0.3, -0.25) is 0 Å². The molecule has 0 fully saturated rings. The quantitative estimate of drug-likeness (QED) is 0.749. The second-order valence-electron chi connectivity index (χ2n) is 4.26. The van der Waals surface area contributed by atoms with Crippen LogP contribution in [0.15, 0.2) is 33.4 Å². The predicted octanol–water partition coefficient (Wildman–Crippen LogP) is 3.49. The van der Waals surface area contributed by atoms with Crippen LogP contribution >= 0.6 is 15.9 Å². The zero-order chi connectivity index (χ0) is 12.9. The van der Waals surface area contributed by atoms with Crippen LogP contribution in [0.5, 0.6) is 0 Å². The van der Waals surface area contributed by atoms with E-state index in [0.717, 1.165) is 26.6 Å². The Labute approximate surface area is 112 Å². The molecule has 0 aliphatic carbocycles. The van der Waals surface area contributed by atoms with E-state index in [1.165, 1.54) is 6.20 Å². The number of nitrogens with zero attached hydrogens (tertiary/aromatic N) is 2. The lowest BCUT2D eigenvalue weighted by Gasteiger charge is -1.99. The average molecular weight is 306 g/mol. The van der Waals surface area contributed by atoms with Crippen LogP contribution in [-0.2, 0) is 7.05 Å². The average Bonchev–Trinajstić information content (AvgIpc) is 2.86. The molecule has 3 rings (SSSR count). The van der Waals surface area contributed by atoms with Crippen molar-refractivity contribution >= 4 is 32.5 Å². The fourth-order valence-corrected chi connectivity index (χ4v) is 2.84. The lowest BCUT2D eigenvalue weighted by Crippen LogP contribution is -1.91. The molecule has 2 aromatic heterocycles. The minimum Gasteiger partial charge on any atom is -0.394 e. The van der Waals surface area contributed by atoms with E-state index < -0.39 is 0 Å². The van der Waals surface area contributed by atoms with Crippen molar-refractivity contribution in [2.45, 2.75) is 6.92 Å². The molecule has 0 bridgehead atoms. The number of halogens is 1. The molecule has 2 N–H and O–H groups in total. The number of nitrogen functional groups attached to an aromatic ring is 1. The van der Waals surface area contributed by atoms with Gasteiger partial charge in [0.05, 0.1) is 11.8 Å². The Kier molecular flexibility index (Phi) is 2.45. The summed E-state index contributed by atoms with van der Waals surface area (Å²) in [6, 6.07) is 6.10. The number of aryl methyl sites for hydroxylation is 1. The van der Waals surface area contributed by atoms with E-state index in [0.29, 0.717) is 11.4 Å². The molecule has 1 aromatic carbocycles. The van der Waals surface area contributed by atoms with E-state index >= 15 is 0 Å². The molecular weight excluding hydrogens is 294 g/mol. The van der Waals surface area contributed by atoms with Crippen molar-refractivity contribution in [2.24, 2.45) is 7.05 Å². The van der Waals surface area contributed by atoms with Gasteiger partial charge >= 0.3 is 0 Å². The van der Waals surface area contributed by atoms with Crippen molar-refractivity contribution in [3.8, 4) is 11.3 Å². The number of aromatic nitrogens is 2. The third kappa shape index (κ3) is 1.40. The first-order chi connectivity index (χ1) is 8.61. The highest BCUT2D eigenvalue weighted by Crippen LogP contribution is 2.40. The minimum absolute atomic E-state index is 0.557. The van der Waals surface area contributed by atoms with Gasteiger partial charge < -0.3 is 14.8 Å². The summed E-state index contributed by atoms with van der Waals surface area (Å²) in [6.07, 6.45) is 1.53. The summed E-state index contributed by atoms with van der Waals surface area (Å²) in [4.78, 5) is 0. The van der Waals surface area contributed by atoms with Crippen LogP contribution in [0.4, 0.5) is 5.69 Å². The first-order valence-electron chi connectivity index (χ1n) is 5.55. The van der Waals surface area contributed by atoms with E-state index in [-0.39, 0.29) is 0 Å². The molecular formula is C13H12BrN3O. The fourth-order valence-electron chi connectivity index (χ4n) is 2.28. The van der Waals surface area contributed by atoms with Crippen LogP contribution in [0.3, 0.4) is 0 Å².